The molecule has 2 rings (SSSR count). The molecule has 0 amide bonds. The van der Waals surface area contributed by atoms with E-state index in [1.54, 1.807) is 7.11 Å². The number of aromatic nitrogens is 2. The number of ether oxygens (including phenoxy) is 1. The van der Waals surface area contributed by atoms with Crippen LogP contribution >= 0.6 is 0 Å². The maximum absolute atomic E-state index is 6.19. The molecule has 0 saturated heterocycles. The molecule has 0 radical (unpaired) electrons. The highest BCUT2D eigenvalue weighted by molar-refractivity contribution is 5.81. The SMILES string of the molecule is COCC(C)(N)Cc1nn(C)c2ccccc12. The van der Waals surface area contributed by atoms with E-state index in [1.807, 2.05) is 30.8 Å². The van der Waals surface area contributed by atoms with Gasteiger partial charge in [-0.25, -0.2) is 0 Å². The molecule has 0 aliphatic rings. The van der Waals surface area contributed by atoms with Crippen LogP contribution < -0.4 is 5.73 Å². The van der Waals surface area contributed by atoms with Gasteiger partial charge in [0.15, 0.2) is 0 Å². The Balaban J connectivity index is 2.36. The van der Waals surface area contributed by atoms with Crippen LogP contribution in [0.3, 0.4) is 0 Å². The van der Waals surface area contributed by atoms with E-state index in [2.05, 4.69) is 17.2 Å². The summed E-state index contributed by atoms with van der Waals surface area (Å²) in [4.78, 5) is 0. The molecule has 17 heavy (non-hydrogen) atoms. The van der Waals surface area contributed by atoms with Gasteiger partial charge in [0.2, 0.25) is 0 Å². The normalized spacial score (nSPS) is 15.1. The van der Waals surface area contributed by atoms with Crippen molar-refractivity contribution >= 4 is 10.9 Å². The van der Waals surface area contributed by atoms with E-state index >= 15 is 0 Å². The standard InChI is InChI=1S/C13H19N3O/c1-13(14,9-17-3)8-11-10-6-4-5-7-12(10)16(2)15-11/h4-7H,8-9,14H2,1-3H3. The number of benzene rings is 1. The van der Waals surface area contributed by atoms with Gasteiger partial charge in [0, 0.05) is 31.5 Å². The Hall–Kier alpha value is -1.39. The van der Waals surface area contributed by atoms with Crippen molar-refractivity contribution < 1.29 is 4.74 Å². The highest BCUT2D eigenvalue weighted by Crippen LogP contribution is 2.20. The number of fused-ring (bicyclic) bond motifs is 1. The molecule has 0 aliphatic heterocycles. The lowest BCUT2D eigenvalue weighted by Gasteiger charge is -2.22. The smallest absolute Gasteiger partial charge is 0.0722 e. The number of aryl methyl sites for hydroxylation is 1. The molecule has 4 nitrogen and oxygen atoms in total. The Morgan fingerprint density at radius 3 is 2.82 bits per heavy atom. The van der Waals surface area contributed by atoms with Gasteiger partial charge in [-0.3, -0.25) is 4.68 Å². The summed E-state index contributed by atoms with van der Waals surface area (Å²) in [6.45, 7) is 2.51. The molecular weight excluding hydrogens is 214 g/mol. The molecule has 1 atom stereocenters. The van der Waals surface area contributed by atoms with Crippen molar-refractivity contribution in [2.75, 3.05) is 13.7 Å². The Bertz CT molecular complexity index is 516. The summed E-state index contributed by atoms with van der Waals surface area (Å²) in [5.41, 5.74) is 7.97. The number of nitrogens with zero attached hydrogens (tertiary/aromatic N) is 2. The van der Waals surface area contributed by atoms with Crippen molar-refractivity contribution in [2.45, 2.75) is 18.9 Å². The van der Waals surface area contributed by atoms with Crippen LogP contribution in [0.15, 0.2) is 24.3 Å². The van der Waals surface area contributed by atoms with Crippen LogP contribution in [0.25, 0.3) is 10.9 Å². The number of rotatable bonds is 4. The van der Waals surface area contributed by atoms with Crippen LogP contribution in [0.2, 0.25) is 0 Å². The predicted molar refractivity (Wildman–Crippen MR) is 68.9 cm³/mol. The first-order valence-corrected chi connectivity index (χ1v) is 5.72. The third-order valence-electron chi connectivity index (χ3n) is 2.88. The minimum atomic E-state index is -0.383. The number of hydrogen-bond acceptors (Lipinski definition) is 3. The predicted octanol–water partition coefficient (Wildman–Crippen LogP) is 1.48. The van der Waals surface area contributed by atoms with Crippen molar-refractivity contribution in [1.29, 1.82) is 0 Å². The summed E-state index contributed by atoms with van der Waals surface area (Å²) in [7, 11) is 3.62. The minimum Gasteiger partial charge on any atom is -0.383 e. The van der Waals surface area contributed by atoms with Crippen LogP contribution in [-0.2, 0) is 18.2 Å². The third-order valence-corrected chi connectivity index (χ3v) is 2.88. The van der Waals surface area contributed by atoms with Crippen molar-refractivity contribution in [2.24, 2.45) is 12.8 Å². The Morgan fingerprint density at radius 1 is 1.41 bits per heavy atom. The molecule has 1 unspecified atom stereocenters. The highest BCUT2D eigenvalue weighted by atomic mass is 16.5. The van der Waals surface area contributed by atoms with Gasteiger partial charge in [0.05, 0.1) is 17.8 Å². The quantitative estimate of drug-likeness (QED) is 0.870. The Morgan fingerprint density at radius 2 is 2.12 bits per heavy atom. The zero-order valence-corrected chi connectivity index (χ0v) is 10.6. The van der Waals surface area contributed by atoms with Crippen LogP contribution in [0.5, 0.6) is 0 Å². The molecule has 0 fully saturated rings. The molecule has 1 heterocycles. The molecular formula is C13H19N3O. The van der Waals surface area contributed by atoms with Gasteiger partial charge in [0.25, 0.3) is 0 Å². The highest BCUT2D eigenvalue weighted by Gasteiger charge is 2.22. The third kappa shape index (κ3) is 2.48. The topological polar surface area (TPSA) is 53.1 Å². The zero-order valence-electron chi connectivity index (χ0n) is 10.6. The van der Waals surface area contributed by atoms with Crippen LogP contribution in [0, 0.1) is 0 Å². The first-order valence-electron chi connectivity index (χ1n) is 5.72. The van der Waals surface area contributed by atoms with E-state index < -0.39 is 0 Å². The van der Waals surface area contributed by atoms with Gasteiger partial charge in [-0.05, 0) is 13.0 Å². The van der Waals surface area contributed by atoms with Gasteiger partial charge >= 0.3 is 0 Å². The zero-order chi connectivity index (χ0) is 12.5. The molecule has 0 saturated carbocycles. The molecule has 0 bridgehead atoms. The number of hydrogen-bond donors (Lipinski definition) is 1. The van der Waals surface area contributed by atoms with E-state index in [9.17, 15) is 0 Å². The Labute approximate surface area is 101 Å². The van der Waals surface area contributed by atoms with Crippen molar-refractivity contribution in [3.8, 4) is 0 Å². The van der Waals surface area contributed by atoms with Crippen LogP contribution in [0.1, 0.15) is 12.6 Å². The number of para-hydroxylation sites is 1. The second kappa shape index (κ2) is 4.47. The van der Waals surface area contributed by atoms with Crippen molar-refractivity contribution in [1.82, 2.24) is 9.78 Å². The number of nitrogens with two attached hydrogens (primary N) is 1. The van der Waals surface area contributed by atoms with Crippen LogP contribution in [0.4, 0.5) is 0 Å². The lowest BCUT2D eigenvalue weighted by Crippen LogP contribution is -2.43. The second-order valence-electron chi connectivity index (χ2n) is 4.85. The summed E-state index contributed by atoms with van der Waals surface area (Å²) in [6.07, 6.45) is 0.711. The summed E-state index contributed by atoms with van der Waals surface area (Å²) in [5.74, 6) is 0. The van der Waals surface area contributed by atoms with E-state index in [0.29, 0.717) is 13.0 Å². The molecule has 0 aliphatic carbocycles. The summed E-state index contributed by atoms with van der Waals surface area (Å²) < 4.78 is 7.03. The monoisotopic (exact) mass is 233 g/mol. The van der Waals surface area contributed by atoms with E-state index in [-0.39, 0.29) is 5.54 Å². The van der Waals surface area contributed by atoms with Gasteiger partial charge < -0.3 is 10.5 Å². The average Bonchev–Trinajstić information content (AvgIpc) is 2.56. The van der Waals surface area contributed by atoms with Crippen LogP contribution in [-0.4, -0.2) is 29.0 Å². The largest absolute Gasteiger partial charge is 0.383 e. The fraction of sp³-hybridized carbons (Fsp3) is 0.462. The molecule has 4 heteroatoms. The fourth-order valence-corrected chi connectivity index (χ4v) is 2.18. The van der Waals surface area contributed by atoms with Gasteiger partial charge in [-0.2, -0.15) is 5.10 Å². The summed E-state index contributed by atoms with van der Waals surface area (Å²) in [6, 6.07) is 8.19. The molecule has 0 spiro atoms. The molecule has 2 N–H and O–H groups in total. The number of methoxy groups -OCH3 is 1. The van der Waals surface area contributed by atoms with Crippen molar-refractivity contribution in [3.63, 3.8) is 0 Å². The van der Waals surface area contributed by atoms with E-state index in [1.165, 1.54) is 5.39 Å². The molecule has 1 aromatic heterocycles. The summed E-state index contributed by atoms with van der Waals surface area (Å²) in [5, 5.41) is 5.71. The minimum absolute atomic E-state index is 0.383. The Kier molecular flexibility index (Phi) is 3.17. The van der Waals surface area contributed by atoms with Gasteiger partial charge in [-0.15, -0.1) is 0 Å². The maximum Gasteiger partial charge on any atom is 0.0722 e. The fourth-order valence-electron chi connectivity index (χ4n) is 2.18. The first-order chi connectivity index (χ1) is 8.03. The van der Waals surface area contributed by atoms with E-state index in [0.717, 1.165) is 11.2 Å². The molecule has 1 aromatic carbocycles. The van der Waals surface area contributed by atoms with Crippen molar-refractivity contribution in [3.05, 3.63) is 30.0 Å². The van der Waals surface area contributed by atoms with Gasteiger partial charge in [-0.1, -0.05) is 18.2 Å². The average molecular weight is 233 g/mol. The second-order valence-corrected chi connectivity index (χ2v) is 4.85. The van der Waals surface area contributed by atoms with Gasteiger partial charge in [0.1, 0.15) is 0 Å². The first kappa shape index (κ1) is 12.1. The maximum atomic E-state index is 6.19. The summed E-state index contributed by atoms with van der Waals surface area (Å²) >= 11 is 0. The lowest BCUT2D eigenvalue weighted by atomic mass is 9.97. The molecule has 92 valence electrons. The molecule has 2 aromatic rings. The lowest BCUT2D eigenvalue weighted by molar-refractivity contribution is 0.140. The van der Waals surface area contributed by atoms with E-state index in [4.69, 9.17) is 10.5 Å².